The summed E-state index contributed by atoms with van der Waals surface area (Å²) >= 11 is 0. The Morgan fingerprint density at radius 2 is 1.83 bits per heavy atom. The van der Waals surface area contributed by atoms with Crippen molar-refractivity contribution in [2.45, 2.75) is 0 Å². The van der Waals surface area contributed by atoms with Crippen LogP contribution in [0.1, 0.15) is 0 Å². The largest absolute Gasteiger partial charge is 0.526 e. The topological polar surface area (TPSA) is 63.6 Å². The van der Waals surface area contributed by atoms with E-state index in [2.05, 4.69) is 17.6 Å². The van der Waals surface area contributed by atoms with Gasteiger partial charge in [0.25, 0.3) is 0 Å². The lowest BCUT2D eigenvalue weighted by molar-refractivity contribution is -0.132. The van der Waals surface area contributed by atoms with Crippen LogP contribution in [0.25, 0.3) is 0 Å². The summed E-state index contributed by atoms with van der Waals surface area (Å²) in [5, 5.41) is 8.24. The van der Waals surface area contributed by atoms with Crippen molar-refractivity contribution in [2.75, 3.05) is 0 Å². The summed E-state index contributed by atoms with van der Waals surface area (Å²) in [5.74, 6) is -1.21. The molecule has 0 aromatic rings. The van der Waals surface area contributed by atoms with Gasteiger partial charge in [-0.25, -0.2) is 9.59 Å². The minimum absolute atomic E-state index is 0.315. The molecular formula is C6H12O4Si2. The van der Waals surface area contributed by atoms with Gasteiger partial charge in [-0.15, -0.1) is 0 Å². The van der Waals surface area contributed by atoms with Gasteiger partial charge in [-0.05, 0) is 0 Å². The van der Waals surface area contributed by atoms with Gasteiger partial charge in [0.2, 0.25) is 10.5 Å². The van der Waals surface area contributed by atoms with Crippen LogP contribution in [0.3, 0.4) is 0 Å². The Balaban J connectivity index is 0. The second-order valence-corrected chi connectivity index (χ2v) is 3.43. The van der Waals surface area contributed by atoms with E-state index < -0.39 is 5.97 Å². The zero-order valence-corrected chi connectivity index (χ0v) is 11.2. The van der Waals surface area contributed by atoms with Crippen LogP contribution in [0.2, 0.25) is 0 Å². The molecule has 0 spiro atoms. The van der Waals surface area contributed by atoms with Crippen LogP contribution in [0.5, 0.6) is 0 Å². The van der Waals surface area contributed by atoms with Crippen molar-refractivity contribution in [1.82, 2.24) is 0 Å². The third kappa shape index (κ3) is 11.6. The molecule has 0 atom stereocenters. The summed E-state index contributed by atoms with van der Waals surface area (Å²) in [6, 6.07) is 0. The first-order chi connectivity index (χ1) is 5.45. The average Bonchev–Trinajstić information content (AvgIpc) is 2.04. The summed E-state index contributed by atoms with van der Waals surface area (Å²) in [6.07, 6.45) is 1.15. The average molecular weight is 204 g/mol. The molecule has 0 aliphatic heterocycles. The summed E-state index contributed by atoms with van der Waals surface area (Å²) in [7, 11) is 1.02. The van der Waals surface area contributed by atoms with Gasteiger partial charge in [-0.2, -0.15) is 0 Å². The molecule has 68 valence electrons. The fraction of sp³-hybridized carbons (Fsp3) is 0. The molecule has 0 aliphatic carbocycles. The van der Waals surface area contributed by atoms with E-state index in [4.69, 9.17) is 5.11 Å². The molecule has 4 nitrogen and oxygen atoms in total. The smallest absolute Gasteiger partial charge is 0.325 e. The Morgan fingerprint density at radius 3 is 1.83 bits per heavy atom. The fourth-order valence-corrected chi connectivity index (χ4v) is 0.250. The van der Waals surface area contributed by atoms with Gasteiger partial charge in [0.15, 0.2) is 0 Å². The lowest BCUT2D eigenvalue weighted by Crippen LogP contribution is -1.96. The number of carbonyl (C=O) groups excluding carboxylic acids is 1. The lowest BCUT2D eigenvalue weighted by atomic mass is 10.7. The van der Waals surface area contributed by atoms with Gasteiger partial charge in [0.1, 0.15) is 0 Å². The highest BCUT2D eigenvalue weighted by Gasteiger charge is 1.90. The van der Waals surface area contributed by atoms with E-state index >= 15 is 0 Å². The van der Waals surface area contributed by atoms with Crippen molar-refractivity contribution < 1.29 is 19.1 Å². The minimum atomic E-state index is -0.873. The van der Waals surface area contributed by atoms with E-state index in [9.17, 15) is 9.59 Å². The maximum atomic E-state index is 9.88. The molecule has 0 aromatic heterocycles. The summed E-state index contributed by atoms with van der Waals surface area (Å²) in [5.41, 5.74) is 0. The molecule has 0 fully saturated rings. The van der Waals surface area contributed by atoms with Gasteiger partial charge >= 0.3 is 11.9 Å². The Morgan fingerprint density at radius 1 is 1.50 bits per heavy atom. The number of carboxylic acid groups (broad SMARTS) is 1. The number of aliphatic carboxylic acids is 1. The molecule has 0 saturated heterocycles. The van der Waals surface area contributed by atoms with Gasteiger partial charge in [-0.3, -0.25) is 0 Å². The first-order valence-corrected chi connectivity index (χ1v) is 4.86. The predicted octanol–water partition coefficient (Wildman–Crippen LogP) is -2.05. The first kappa shape index (κ1) is 13.4. The molecule has 12 heavy (non-hydrogen) atoms. The highest BCUT2D eigenvalue weighted by molar-refractivity contribution is 6.34. The normalized spacial score (nSPS) is 7.67. The molecule has 0 unspecified atom stereocenters. The number of hydrogen-bond donors (Lipinski definition) is 1. The van der Waals surface area contributed by atoms with Crippen molar-refractivity contribution in [3.63, 3.8) is 0 Å². The maximum Gasteiger partial charge on any atom is 0.325 e. The molecule has 0 amide bonds. The Labute approximate surface area is 76.9 Å². The number of hydrogen-bond acceptors (Lipinski definition) is 3. The third-order valence-electron chi connectivity index (χ3n) is 0.733. The van der Waals surface area contributed by atoms with Crippen LogP contribution in [-0.2, 0) is 14.0 Å². The maximum absolute atomic E-state index is 9.88. The Kier molecular flexibility index (Phi) is 8.91. The monoisotopic (exact) mass is 204 g/mol. The highest BCUT2D eigenvalue weighted by Crippen LogP contribution is 1.74. The number of carbonyl (C=O) groups is 2. The van der Waals surface area contributed by atoms with E-state index in [0.717, 1.165) is 6.08 Å². The molecule has 6 heteroatoms. The molecule has 0 radical (unpaired) electrons. The number of rotatable bonds is 2. The van der Waals surface area contributed by atoms with Crippen molar-refractivity contribution in [2.24, 2.45) is 0 Å². The van der Waals surface area contributed by atoms with Gasteiger partial charge in [0, 0.05) is 21.5 Å². The molecule has 0 aliphatic rings. The lowest BCUT2D eigenvalue weighted by Gasteiger charge is -1.84. The molecule has 0 aromatic carbocycles. The van der Waals surface area contributed by atoms with Crippen molar-refractivity contribution in [3.8, 4) is 0 Å². The predicted molar refractivity (Wildman–Crippen MR) is 52.9 cm³/mol. The van der Waals surface area contributed by atoms with Crippen molar-refractivity contribution in [3.05, 3.63) is 24.4 Å². The quantitative estimate of drug-likeness (QED) is 0.415. The Hall–Kier alpha value is -1.15. The molecule has 0 rings (SSSR count). The van der Waals surface area contributed by atoms with Crippen LogP contribution in [-0.4, -0.2) is 37.8 Å². The van der Waals surface area contributed by atoms with Crippen LogP contribution in [0, 0.1) is 0 Å². The molecule has 0 saturated carbocycles. The summed E-state index contributed by atoms with van der Waals surface area (Å²) in [6.45, 7) is 6.40. The summed E-state index contributed by atoms with van der Waals surface area (Å²) in [4.78, 5) is 19.5. The molecule has 1 N–H and O–H groups in total. The standard InChI is InChI=1S/2C3H6O2Si/c1-2-3(4)5-6;1-2(6)3(4)5/h2H,1H2,6H3;1H2,6H3,(H,4,5). The molecular weight excluding hydrogens is 192 g/mol. The fourth-order valence-electron chi connectivity index (χ4n) is 0.0833. The van der Waals surface area contributed by atoms with Crippen molar-refractivity contribution >= 4 is 32.7 Å². The van der Waals surface area contributed by atoms with E-state index in [-0.39, 0.29) is 5.97 Å². The van der Waals surface area contributed by atoms with E-state index in [1.807, 2.05) is 0 Å². The first-order valence-electron chi connectivity index (χ1n) is 3.04. The van der Waals surface area contributed by atoms with Crippen LogP contribution in [0.15, 0.2) is 24.4 Å². The van der Waals surface area contributed by atoms with E-state index in [1.54, 1.807) is 0 Å². The van der Waals surface area contributed by atoms with Gasteiger partial charge in [0.05, 0.1) is 0 Å². The SMILES string of the molecule is C=C([SiH3])C(=O)O.C=CC(=O)O[SiH3]. The van der Waals surface area contributed by atoms with Crippen molar-refractivity contribution in [1.29, 1.82) is 0 Å². The highest BCUT2D eigenvalue weighted by atomic mass is 28.2. The van der Waals surface area contributed by atoms with E-state index in [0.29, 0.717) is 25.9 Å². The second-order valence-electron chi connectivity index (χ2n) is 1.81. The minimum Gasteiger partial charge on any atom is -0.526 e. The molecule has 0 heterocycles. The second kappa shape index (κ2) is 7.96. The van der Waals surface area contributed by atoms with Gasteiger partial charge in [-0.1, -0.05) is 13.2 Å². The van der Waals surface area contributed by atoms with Crippen LogP contribution >= 0.6 is 0 Å². The van der Waals surface area contributed by atoms with Gasteiger partial charge < -0.3 is 9.53 Å². The summed E-state index contributed by atoms with van der Waals surface area (Å²) < 4.78 is 4.28. The molecule has 0 bridgehead atoms. The zero-order valence-electron chi connectivity index (χ0n) is 7.16. The third-order valence-corrected chi connectivity index (χ3v) is 1.56. The van der Waals surface area contributed by atoms with E-state index in [1.165, 1.54) is 0 Å². The van der Waals surface area contributed by atoms with Crippen LogP contribution in [0.4, 0.5) is 0 Å². The number of carboxylic acids is 1. The Bertz CT molecular complexity index is 185. The van der Waals surface area contributed by atoms with Crippen LogP contribution < -0.4 is 0 Å². The zero-order chi connectivity index (χ0) is 10.1.